The first-order valence-corrected chi connectivity index (χ1v) is 6.59. The van der Waals surface area contributed by atoms with Gasteiger partial charge < -0.3 is 5.32 Å². The molecule has 1 saturated heterocycles. The topological polar surface area (TPSA) is 57.3 Å². The maximum Gasteiger partial charge on any atom is 0.321 e. The van der Waals surface area contributed by atoms with Gasteiger partial charge in [0.15, 0.2) is 5.13 Å². The Morgan fingerprint density at radius 3 is 3.25 bits per heavy atom. The standard InChI is InChI=1S/C9H14N4OS2/c14-8(12-9-10-2-4-16-9)11-7-1-3-13(5-7)6-15/h2,4,7,15H,1,3,5-6H2,(H2,10,11,12,14). The van der Waals surface area contributed by atoms with E-state index < -0.39 is 0 Å². The average Bonchev–Trinajstić information content (AvgIpc) is 2.89. The van der Waals surface area contributed by atoms with Gasteiger partial charge in [-0.2, -0.15) is 12.6 Å². The van der Waals surface area contributed by atoms with E-state index in [0.717, 1.165) is 25.4 Å². The van der Waals surface area contributed by atoms with Gasteiger partial charge in [-0.15, -0.1) is 11.3 Å². The summed E-state index contributed by atoms with van der Waals surface area (Å²) in [7, 11) is 0. The minimum absolute atomic E-state index is 0.180. The maximum absolute atomic E-state index is 11.6. The number of nitrogens with zero attached hydrogens (tertiary/aromatic N) is 2. The van der Waals surface area contributed by atoms with E-state index in [9.17, 15) is 4.79 Å². The van der Waals surface area contributed by atoms with Gasteiger partial charge in [-0.05, 0) is 6.42 Å². The van der Waals surface area contributed by atoms with Gasteiger partial charge >= 0.3 is 6.03 Å². The number of aromatic nitrogens is 1. The molecule has 2 N–H and O–H groups in total. The minimum atomic E-state index is -0.180. The smallest absolute Gasteiger partial charge is 0.321 e. The van der Waals surface area contributed by atoms with Gasteiger partial charge in [-0.3, -0.25) is 10.2 Å². The van der Waals surface area contributed by atoms with Crippen LogP contribution in [0, 0.1) is 0 Å². The van der Waals surface area contributed by atoms with Gasteiger partial charge in [0.05, 0.1) is 0 Å². The molecular formula is C9H14N4OS2. The monoisotopic (exact) mass is 258 g/mol. The number of carbonyl (C=O) groups excluding carboxylic acids is 1. The van der Waals surface area contributed by atoms with Crippen LogP contribution in [0.1, 0.15) is 6.42 Å². The Balaban J connectivity index is 1.76. The van der Waals surface area contributed by atoms with E-state index in [0.29, 0.717) is 5.13 Å². The summed E-state index contributed by atoms with van der Waals surface area (Å²) in [4.78, 5) is 17.7. The van der Waals surface area contributed by atoms with Crippen LogP contribution in [-0.4, -0.2) is 40.9 Å². The van der Waals surface area contributed by atoms with Crippen LogP contribution in [0.4, 0.5) is 9.93 Å². The van der Waals surface area contributed by atoms with Crippen molar-refractivity contribution in [3.8, 4) is 0 Å². The molecule has 7 heteroatoms. The van der Waals surface area contributed by atoms with Crippen LogP contribution in [-0.2, 0) is 0 Å². The highest BCUT2D eigenvalue weighted by Crippen LogP contribution is 2.12. The number of hydrogen-bond acceptors (Lipinski definition) is 5. The van der Waals surface area contributed by atoms with Crippen molar-refractivity contribution in [2.75, 3.05) is 24.3 Å². The van der Waals surface area contributed by atoms with Crippen molar-refractivity contribution in [1.82, 2.24) is 15.2 Å². The highest BCUT2D eigenvalue weighted by atomic mass is 32.1. The molecular weight excluding hydrogens is 244 g/mol. The van der Waals surface area contributed by atoms with E-state index in [4.69, 9.17) is 0 Å². The van der Waals surface area contributed by atoms with Gasteiger partial charge in [0.2, 0.25) is 0 Å². The van der Waals surface area contributed by atoms with Crippen LogP contribution in [0.2, 0.25) is 0 Å². The van der Waals surface area contributed by atoms with E-state index in [1.54, 1.807) is 6.20 Å². The van der Waals surface area contributed by atoms with Gasteiger partial charge in [0, 0.05) is 36.6 Å². The van der Waals surface area contributed by atoms with Crippen molar-refractivity contribution < 1.29 is 4.79 Å². The zero-order chi connectivity index (χ0) is 11.4. The summed E-state index contributed by atoms with van der Waals surface area (Å²) >= 11 is 5.62. The molecule has 1 aromatic rings. The molecule has 1 atom stereocenters. The summed E-state index contributed by atoms with van der Waals surface area (Å²) in [6, 6.07) is 0.0353. The van der Waals surface area contributed by atoms with E-state index in [1.807, 2.05) is 5.38 Å². The Kier molecular flexibility index (Phi) is 4.03. The molecule has 2 heterocycles. The van der Waals surface area contributed by atoms with Crippen molar-refractivity contribution in [2.24, 2.45) is 0 Å². The summed E-state index contributed by atoms with van der Waals surface area (Å²) in [6.07, 6.45) is 2.64. The number of likely N-dealkylation sites (tertiary alicyclic amines) is 1. The third-order valence-electron chi connectivity index (χ3n) is 2.46. The highest BCUT2D eigenvalue weighted by Gasteiger charge is 2.22. The molecule has 0 bridgehead atoms. The number of thiol groups is 1. The SMILES string of the molecule is O=C(Nc1nccs1)NC1CCN(CS)C1. The quantitative estimate of drug-likeness (QED) is 0.715. The van der Waals surface area contributed by atoms with E-state index in [-0.39, 0.29) is 12.1 Å². The highest BCUT2D eigenvalue weighted by molar-refractivity contribution is 7.80. The zero-order valence-corrected chi connectivity index (χ0v) is 10.4. The molecule has 0 aliphatic carbocycles. The van der Waals surface area contributed by atoms with Crippen LogP contribution in [0.3, 0.4) is 0 Å². The Hall–Kier alpha value is -0.790. The molecule has 1 aromatic heterocycles. The molecule has 88 valence electrons. The molecule has 0 spiro atoms. The fourth-order valence-corrected chi connectivity index (χ4v) is 2.46. The molecule has 5 nitrogen and oxygen atoms in total. The van der Waals surface area contributed by atoms with Crippen LogP contribution >= 0.6 is 24.0 Å². The van der Waals surface area contributed by atoms with Crippen LogP contribution in [0.5, 0.6) is 0 Å². The van der Waals surface area contributed by atoms with E-state index in [1.165, 1.54) is 11.3 Å². The molecule has 1 fully saturated rings. The third kappa shape index (κ3) is 3.10. The second kappa shape index (κ2) is 5.51. The molecule has 1 aliphatic heterocycles. The molecule has 0 saturated carbocycles. The van der Waals surface area contributed by atoms with Gasteiger partial charge in [0.1, 0.15) is 0 Å². The van der Waals surface area contributed by atoms with Crippen LogP contribution < -0.4 is 10.6 Å². The molecule has 1 unspecified atom stereocenters. The second-order valence-corrected chi connectivity index (χ2v) is 4.82. The molecule has 2 rings (SSSR count). The first-order valence-electron chi connectivity index (χ1n) is 5.08. The summed E-state index contributed by atoms with van der Waals surface area (Å²) < 4.78 is 0. The van der Waals surface area contributed by atoms with E-state index >= 15 is 0 Å². The number of anilines is 1. The van der Waals surface area contributed by atoms with Crippen molar-refractivity contribution in [3.63, 3.8) is 0 Å². The van der Waals surface area contributed by atoms with Crippen LogP contribution in [0.25, 0.3) is 0 Å². The van der Waals surface area contributed by atoms with Crippen molar-refractivity contribution in [1.29, 1.82) is 0 Å². The predicted molar refractivity (Wildman–Crippen MR) is 68.1 cm³/mol. The largest absolute Gasteiger partial charge is 0.334 e. The van der Waals surface area contributed by atoms with E-state index in [2.05, 4.69) is 33.1 Å². The normalized spacial score (nSPS) is 20.9. The number of carbonyl (C=O) groups is 1. The summed E-state index contributed by atoms with van der Waals surface area (Å²) in [5, 5.41) is 8.08. The lowest BCUT2D eigenvalue weighted by molar-refractivity contribution is 0.248. The molecule has 2 amide bonds. The fraction of sp³-hybridized carbons (Fsp3) is 0.556. The average molecular weight is 258 g/mol. The lowest BCUT2D eigenvalue weighted by Crippen LogP contribution is -2.39. The maximum atomic E-state index is 11.6. The Morgan fingerprint density at radius 1 is 1.75 bits per heavy atom. The molecule has 0 aromatic carbocycles. The van der Waals surface area contributed by atoms with Gasteiger partial charge in [-0.25, -0.2) is 9.78 Å². The number of amides is 2. The predicted octanol–water partition coefficient (Wildman–Crippen LogP) is 1.23. The number of rotatable bonds is 3. The molecule has 16 heavy (non-hydrogen) atoms. The molecule has 1 aliphatic rings. The lowest BCUT2D eigenvalue weighted by Gasteiger charge is -2.14. The number of hydrogen-bond donors (Lipinski definition) is 3. The summed E-state index contributed by atoms with van der Waals surface area (Å²) in [5.41, 5.74) is 0. The molecule has 0 radical (unpaired) electrons. The Morgan fingerprint density at radius 2 is 2.62 bits per heavy atom. The number of urea groups is 1. The first-order chi connectivity index (χ1) is 7.78. The van der Waals surface area contributed by atoms with Gasteiger partial charge in [0.25, 0.3) is 0 Å². The van der Waals surface area contributed by atoms with Crippen molar-refractivity contribution >= 4 is 35.1 Å². The number of nitrogens with one attached hydrogen (secondary N) is 2. The first kappa shape index (κ1) is 11.7. The Bertz CT molecular complexity index is 343. The second-order valence-electron chi connectivity index (χ2n) is 3.64. The van der Waals surface area contributed by atoms with Crippen molar-refractivity contribution in [3.05, 3.63) is 11.6 Å². The summed E-state index contributed by atoms with van der Waals surface area (Å²) in [6.45, 7) is 1.86. The number of thiazole rings is 1. The third-order valence-corrected chi connectivity index (χ3v) is 3.55. The zero-order valence-electron chi connectivity index (χ0n) is 8.72. The van der Waals surface area contributed by atoms with Gasteiger partial charge in [-0.1, -0.05) is 0 Å². The summed E-state index contributed by atoms with van der Waals surface area (Å²) in [5.74, 6) is 0.742. The van der Waals surface area contributed by atoms with Crippen molar-refractivity contribution in [2.45, 2.75) is 12.5 Å². The Labute approximate surface area is 104 Å². The van der Waals surface area contributed by atoms with Crippen LogP contribution in [0.15, 0.2) is 11.6 Å². The lowest BCUT2D eigenvalue weighted by atomic mass is 10.3. The fourth-order valence-electron chi connectivity index (χ4n) is 1.68. The minimum Gasteiger partial charge on any atom is -0.334 e.